The van der Waals surface area contributed by atoms with Gasteiger partial charge in [0.2, 0.25) is 0 Å². The van der Waals surface area contributed by atoms with Gasteiger partial charge in [-0.3, -0.25) is 9.58 Å². The molecule has 0 aliphatic heterocycles. The molecule has 114 valence electrons. The van der Waals surface area contributed by atoms with E-state index in [-0.39, 0.29) is 12.1 Å². The van der Waals surface area contributed by atoms with Gasteiger partial charge in [0.1, 0.15) is 0 Å². The highest BCUT2D eigenvalue weighted by molar-refractivity contribution is 5.26. The Hall–Kier alpha value is -1.65. The first-order valence-corrected chi connectivity index (χ1v) is 7.51. The van der Waals surface area contributed by atoms with Crippen molar-refractivity contribution >= 4 is 0 Å². The van der Waals surface area contributed by atoms with Crippen LogP contribution in [-0.2, 0) is 13.6 Å². The van der Waals surface area contributed by atoms with Gasteiger partial charge >= 0.3 is 0 Å². The van der Waals surface area contributed by atoms with Gasteiger partial charge in [0.15, 0.2) is 0 Å². The molecule has 0 fully saturated rings. The topological polar surface area (TPSA) is 47.1 Å². The molecule has 2 unspecified atom stereocenters. The van der Waals surface area contributed by atoms with E-state index in [1.807, 2.05) is 17.9 Å². The summed E-state index contributed by atoms with van der Waals surface area (Å²) in [5.41, 5.74) is 10.2. The molecule has 2 rings (SSSR count). The van der Waals surface area contributed by atoms with E-state index in [1.54, 1.807) is 0 Å². The van der Waals surface area contributed by atoms with Crippen LogP contribution in [-0.4, -0.2) is 27.8 Å². The zero-order chi connectivity index (χ0) is 15.4. The number of likely N-dealkylation sites (N-methyl/N-ethyl adjacent to an activating group) is 1. The number of benzene rings is 1. The molecule has 0 aliphatic carbocycles. The van der Waals surface area contributed by atoms with Gasteiger partial charge in [-0.1, -0.05) is 36.8 Å². The van der Waals surface area contributed by atoms with Crippen molar-refractivity contribution in [3.8, 4) is 0 Å². The third-order valence-electron chi connectivity index (χ3n) is 3.93. The number of hydrogen-bond acceptors (Lipinski definition) is 3. The van der Waals surface area contributed by atoms with E-state index >= 15 is 0 Å². The molecule has 0 radical (unpaired) electrons. The SMILES string of the molecule is CCC(N)C(c1cccc(C)c1)N(C)Cc1cnn(C)c1. The van der Waals surface area contributed by atoms with E-state index in [4.69, 9.17) is 5.73 Å². The fraction of sp³-hybridized carbons (Fsp3) is 0.471. The van der Waals surface area contributed by atoms with Gasteiger partial charge in [0.25, 0.3) is 0 Å². The van der Waals surface area contributed by atoms with E-state index < -0.39 is 0 Å². The first-order valence-electron chi connectivity index (χ1n) is 7.51. The summed E-state index contributed by atoms with van der Waals surface area (Å²) >= 11 is 0. The number of aromatic nitrogens is 2. The Morgan fingerprint density at radius 1 is 1.38 bits per heavy atom. The molecule has 21 heavy (non-hydrogen) atoms. The van der Waals surface area contributed by atoms with Crippen molar-refractivity contribution in [3.05, 3.63) is 53.3 Å². The quantitative estimate of drug-likeness (QED) is 0.888. The molecule has 0 bridgehead atoms. The van der Waals surface area contributed by atoms with Crippen LogP contribution in [0.1, 0.15) is 36.1 Å². The summed E-state index contributed by atoms with van der Waals surface area (Å²) in [4.78, 5) is 2.32. The summed E-state index contributed by atoms with van der Waals surface area (Å²) < 4.78 is 1.84. The molecule has 1 heterocycles. The van der Waals surface area contributed by atoms with Gasteiger partial charge in [-0.25, -0.2) is 0 Å². The van der Waals surface area contributed by atoms with Crippen molar-refractivity contribution in [2.45, 2.75) is 38.9 Å². The minimum absolute atomic E-state index is 0.119. The standard InChI is InChI=1S/C17H26N4/c1-5-16(18)17(15-8-6-7-13(2)9-15)20(3)11-14-10-19-21(4)12-14/h6-10,12,16-17H,5,11,18H2,1-4H3. The van der Waals surface area contributed by atoms with Crippen molar-refractivity contribution in [1.82, 2.24) is 14.7 Å². The van der Waals surface area contributed by atoms with Crippen LogP contribution in [0.3, 0.4) is 0 Å². The third kappa shape index (κ3) is 3.93. The highest BCUT2D eigenvalue weighted by atomic mass is 15.2. The number of rotatable bonds is 6. The van der Waals surface area contributed by atoms with Crippen LogP contribution in [0, 0.1) is 6.92 Å². The number of aryl methyl sites for hydroxylation is 2. The lowest BCUT2D eigenvalue weighted by molar-refractivity contribution is 0.201. The number of nitrogens with two attached hydrogens (primary N) is 1. The zero-order valence-electron chi connectivity index (χ0n) is 13.5. The average molecular weight is 286 g/mol. The van der Waals surface area contributed by atoms with E-state index in [0.29, 0.717) is 0 Å². The molecular weight excluding hydrogens is 260 g/mol. The van der Waals surface area contributed by atoms with Gasteiger partial charge in [-0.2, -0.15) is 5.10 Å². The molecule has 2 aromatic rings. The Labute approximate surface area is 127 Å². The first-order chi connectivity index (χ1) is 10.0. The monoisotopic (exact) mass is 286 g/mol. The molecular formula is C17H26N4. The van der Waals surface area contributed by atoms with E-state index in [9.17, 15) is 0 Å². The van der Waals surface area contributed by atoms with Gasteiger partial charge in [0, 0.05) is 37.4 Å². The lowest BCUT2D eigenvalue weighted by atomic mass is 9.95. The second kappa shape index (κ2) is 6.87. The van der Waals surface area contributed by atoms with Crippen molar-refractivity contribution in [1.29, 1.82) is 0 Å². The van der Waals surface area contributed by atoms with Crippen LogP contribution in [0.25, 0.3) is 0 Å². The Balaban J connectivity index is 2.23. The lowest BCUT2D eigenvalue weighted by Gasteiger charge is -2.32. The Morgan fingerprint density at radius 2 is 2.14 bits per heavy atom. The summed E-state index contributed by atoms with van der Waals surface area (Å²) in [5, 5.41) is 4.24. The summed E-state index contributed by atoms with van der Waals surface area (Å²) in [5.74, 6) is 0. The molecule has 2 atom stereocenters. The Bertz CT molecular complexity index is 576. The molecule has 4 heteroatoms. The van der Waals surface area contributed by atoms with Crippen molar-refractivity contribution in [2.24, 2.45) is 12.8 Å². The molecule has 0 saturated heterocycles. The Morgan fingerprint density at radius 3 is 2.71 bits per heavy atom. The first kappa shape index (κ1) is 15.7. The van der Waals surface area contributed by atoms with Crippen LogP contribution in [0.5, 0.6) is 0 Å². The van der Waals surface area contributed by atoms with Gasteiger partial charge in [0.05, 0.1) is 6.20 Å². The summed E-state index contributed by atoms with van der Waals surface area (Å²) in [6, 6.07) is 8.98. The largest absolute Gasteiger partial charge is 0.326 e. The molecule has 1 aromatic carbocycles. The van der Waals surface area contributed by atoms with E-state index in [2.05, 4.69) is 61.4 Å². The molecule has 0 spiro atoms. The normalized spacial score (nSPS) is 14.4. The maximum Gasteiger partial charge on any atom is 0.0534 e. The lowest BCUT2D eigenvalue weighted by Crippen LogP contribution is -2.38. The van der Waals surface area contributed by atoms with Crippen molar-refractivity contribution in [3.63, 3.8) is 0 Å². The molecule has 0 amide bonds. The maximum atomic E-state index is 6.40. The van der Waals surface area contributed by atoms with E-state index in [1.165, 1.54) is 16.7 Å². The zero-order valence-corrected chi connectivity index (χ0v) is 13.5. The second-order valence-corrected chi connectivity index (χ2v) is 5.87. The fourth-order valence-corrected chi connectivity index (χ4v) is 2.85. The summed E-state index contributed by atoms with van der Waals surface area (Å²) in [7, 11) is 4.08. The highest BCUT2D eigenvalue weighted by Crippen LogP contribution is 2.26. The van der Waals surface area contributed by atoms with Gasteiger partial charge in [-0.15, -0.1) is 0 Å². The Kier molecular flexibility index (Phi) is 5.15. The predicted octanol–water partition coefficient (Wildman–Crippen LogP) is 2.64. The van der Waals surface area contributed by atoms with Gasteiger partial charge < -0.3 is 5.73 Å². The van der Waals surface area contributed by atoms with Crippen LogP contribution < -0.4 is 5.73 Å². The smallest absolute Gasteiger partial charge is 0.0534 e. The summed E-state index contributed by atoms with van der Waals surface area (Å²) in [6.07, 6.45) is 4.93. The number of nitrogens with zero attached hydrogens (tertiary/aromatic N) is 3. The average Bonchev–Trinajstić information content (AvgIpc) is 2.84. The van der Waals surface area contributed by atoms with Gasteiger partial charge in [-0.05, 0) is 26.0 Å². The molecule has 1 aromatic heterocycles. The van der Waals surface area contributed by atoms with Crippen molar-refractivity contribution < 1.29 is 0 Å². The van der Waals surface area contributed by atoms with Crippen molar-refractivity contribution in [2.75, 3.05) is 7.05 Å². The third-order valence-corrected chi connectivity index (χ3v) is 3.93. The minimum Gasteiger partial charge on any atom is -0.326 e. The second-order valence-electron chi connectivity index (χ2n) is 5.87. The molecule has 0 saturated carbocycles. The molecule has 2 N–H and O–H groups in total. The molecule has 4 nitrogen and oxygen atoms in total. The molecule has 0 aliphatic rings. The van der Waals surface area contributed by atoms with Crippen LogP contribution >= 0.6 is 0 Å². The van der Waals surface area contributed by atoms with E-state index in [0.717, 1.165) is 13.0 Å². The number of hydrogen-bond donors (Lipinski definition) is 1. The fourth-order valence-electron chi connectivity index (χ4n) is 2.85. The minimum atomic E-state index is 0.119. The summed E-state index contributed by atoms with van der Waals surface area (Å²) in [6.45, 7) is 5.12. The highest BCUT2D eigenvalue weighted by Gasteiger charge is 2.23. The maximum absolute atomic E-state index is 6.40. The van der Waals surface area contributed by atoms with Crippen LogP contribution in [0.2, 0.25) is 0 Å². The van der Waals surface area contributed by atoms with Crippen LogP contribution in [0.4, 0.5) is 0 Å². The van der Waals surface area contributed by atoms with Crippen LogP contribution in [0.15, 0.2) is 36.7 Å². The predicted molar refractivity (Wildman–Crippen MR) is 86.9 cm³/mol.